The van der Waals surface area contributed by atoms with Crippen molar-refractivity contribution in [3.05, 3.63) is 63.9 Å². The summed E-state index contributed by atoms with van der Waals surface area (Å²) < 4.78 is 0.672. The van der Waals surface area contributed by atoms with Crippen LogP contribution in [0.4, 0.5) is 0 Å². The number of benzene rings is 1. The lowest BCUT2D eigenvalue weighted by molar-refractivity contribution is 0.0939. The van der Waals surface area contributed by atoms with Gasteiger partial charge in [0.15, 0.2) is 0 Å². The smallest absolute Gasteiger partial charge is 0.252 e. The predicted octanol–water partition coefficient (Wildman–Crippen LogP) is 3.73. The van der Waals surface area contributed by atoms with Gasteiger partial charge in [-0.3, -0.25) is 9.78 Å². The second kappa shape index (κ2) is 7.57. The van der Waals surface area contributed by atoms with Crippen molar-refractivity contribution in [2.45, 2.75) is 19.4 Å². The van der Waals surface area contributed by atoms with Gasteiger partial charge in [0.05, 0.1) is 5.56 Å². The van der Waals surface area contributed by atoms with E-state index in [4.69, 9.17) is 11.6 Å². The molecule has 0 radical (unpaired) electrons. The first kappa shape index (κ1) is 16.0. The van der Waals surface area contributed by atoms with Crippen molar-refractivity contribution in [3.63, 3.8) is 0 Å². The second-order valence-electron chi connectivity index (χ2n) is 4.87. The summed E-state index contributed by atoms with van der Waals surface area (Å²) >= 11 is 9.31. The van der Waals surface area contributed by atoms with Gasteiger partial charge in [0.2, 0.25) is 0 Å². The molecule has 2 rings (SSSR count). The topological polar surface area (TPSA) is 42.0 Å². The van der Waals surface area contributed by atoms with E-state index in [0.29, 0.717) is 22.3 Å². The molecule has 0 bridgehead atoms. The molecule has 110 valence electrons. The van der Waals surface area contributed by atoms with E-state index in [9.17, 15) is 4.79 Å². The average Bonchev–Trinajstić information content (AvgIpc) is 2.49. The highest BCUT2D eigenvalue weighted by molar-refractivity contribution is 9.10. The number of alkyl halides is 1. The molecule has 1 aromatic carbocycles. The molecule has 1 aromatic heterocycles. The summed E-state index contributed by atoms with van der Waals surface area (Å²) in [4.78, 5) is 16.2. The van der Waals surface area contributed by atoms with Crippen LogP contribution in [-0.4, -0.2) is 22.8 Å². The predicted molar refractivity (Wildman–Crippen MR) is 88.8 cm³/mol. The highest BCUT2D eigenvalue weighted by Crippen LogP contribution is 2.15. The normalized spacial score (nSPS) is 12.0. The largest absolute Gasteiger partial charge is 0.348 e. The highest BCUT2D eigenvalue weighted by atomic mass is 79.9. The molecule has 1 N–H and O–H groups in total. The van der Waals surface area contributed by atoms with Crippen LogP contribution in [0.5, 0.6) is 0 Å². The number of halogens is 2. The van der Waals surface area contributed by atoms with Gasteiger partial charge in [-0.2, -0.15) is 0 Å². The van der Waals surface area contributed by atoms with Crippen LogP contribution in [0.3, 0.4) is 0 Å². The third-order valence-electron chi connectivity index (χ3n) is 3.14. The highest BCUT2D eigenvalue weighted by Gasteiger charge is 2.15. The number of nitrogens with one attached hydrogen (secondary N) is 1. The zero-order valence-electron chi connectivity index (χ0n) is 11.6. The number of nitrogens with zero attached hydrogens (tertiary/aromatic N) is 1. The van der Waals surface area contributed by atoms with Gasteiger partial charge in [0.25, 0.3) is 5.91 Å². The van der Waals surface area contributed by atoms with E-state index < -0.39 is 0 Å². The standard InChI is InChI=1S/C16H16BrClN2O/c1-11-2-4-12(5-3-11)8-13(9-18)20-16(21)14-6-7-19-10-15(14)17/h2-7,10,13H,8-9H2,1H3,(H,20,21). The minimum absolute atomic E-state index is 0.109. The molecule has 1 amide bonds. The fourth-order valence-corrected chi connectivity index (χ4v) is 2.59. The minimum Gasteiger partial charge on any atom is -0.348 e. The summed E-state index contributed by atoms with van der Waals surface area (Å²) in [5.41, 5.74) is 2.93. The van der Waals surface area contributed by atoms with Gasteiger partial charge in [-0.15, -0.1) is 11.6 Å². The van der Waals surface area contributed by atoms with Crippen molar-refractivity contribution in [1.82, 2.24) is 10.3 Å². The first-order valence-electron chi connectivity index (χ1n) is 6.62. The molecule has 1 atom stereocenters. The number of hydrogen-bond acceptors (Lipinski definition) is 2. The van der Waals surface area contributed by atoms with E-state index in [1.807, 2.05) is 6.92 Å². The molecule has 0 spiro atoms. The average molecular weight is 368 g/mol. The first-order chi connectivity index (χ1) is 10.1. The Kier molecular flexibility index (Phi) is 5.76. The maximum atomic E-state index is 12.3. The summed E-state index contributed by atoms with van der Waals surface area (Å²) in [7, 11) is 0. The van der Waals surface area contributed by atoms with Gasteiger partial charge >= 0.3 is 0 Å². The Morgan fingerprint density at radius 2 is 2.05 bits per heavy atom. The molecule has 5 heteroatoms. The van der Waals surface area contributed by atoms with Crippen LogP contribution in [0.1, 0.15) is 21.5 Å². The van der Waals surface area contributed by atoms with E-state index in [2.05, 4.69) is 50.5 Å². The lowest BCUT2D eigenvalue weighted by Crippen LogP contribution is -2.38. The number of hydrogen-bond donors (Lipinski definition) is 1. The summed E-state index contributed by atoms with van der Waals surface area (Å²) in [6, 6.07) is 9.80. The lowest BCUT2D eigenvalue weighted by Gasteiger charge is -2.17. The summed E-state index contributed by atoms with van der Waals surface area (Å²) in [6.07, 6.45) is 3.90. The zero-order chi connectivity index (χ0) is 15.2. The Morgan fingerprint density at radius 1 is 1.33 bits per heavy atom. The number of aryl methyl sites for hydroxylation is 1. The molecule has 0 saturated carbocycles. The van der Waals surface area contributed by atoms with Crippen molar-refractivity contribution >= 4 is 33.4 Å². The number of carbonyl (C=O) groups excluding carboxylic acids is 1. The van der Waals surface area contributed by atoms with E-state index >= 15 is 0 Å². The minimum atomic E-state index is -0.151. The SMILES string of the molecule is Cc1ccc(CC(CCl)NC(=O)c2ccncc2Br)cc1. The number of rotatable bonds is 5. The quantitative estimate of drug-likeness (QED) is 0.818. The maximum Gasteiger partial charge on any atom is 0.252 e. The Bertz CT molecular complexity index is 616. The molecule has 3 nitrogen and oxygen atoms in total. The van der Waals surface area contributed by atoms with Crippen molar-refractivity contribution in [2.24, 2.45) is 0 Å². The molecule has 0 aliphatic carbocycles. The van der Waals surface area contributed by atoms with Gasteiger partial charge < -0.3 is 5.32 Å². The molecule has 0 aliphatic heterocycles. The number of amides is 1. The van der Waals surface area contributed by atoms with Crippen molar-refractivity contribution < 1.29 is 4.79 Å². The van der Waals surface area contributed by atoms with Gasteiger partial charge in [-0.25, -0.2) is 0 Å². The van der Waals surface area contributed by atoms with Crippen molar-refractivity contribution in [3.8, 4) is 0 Å². The fourth-order valence-electron chi connectivity index (χ4n) is 1.98. The van der Waals surface area contributed by atoms with E-state index in [1.54, 1.807) is 18.5 Å². The Hall–Kier alpha value is -1.39. The van der Waals surface area contributed by atoms with Crippen molar-refractivity contribution in [1.29, 1.82) is 0 Å². The maximum absolute atomic E-state index is 12.3. The molecule has 2 aromatic rings. The summed E-state index contributed by atoms with van der Waals surface area (Å²) in [5.74, 6) is 0.213. The second-order valence-corrected chi connectivity index (χ2v) is 6.03. The van der Waals surface area contributed by atoms with Crippen LogP contribution >= 0.6 is 27.5 Å². The lowest BCUT2D eigenvalue weighted by atomic mass is 10.1. The van der Waals surface area contributed by atoms with Gasteiger partial charge in [-0.05, 0) is 40.9 Å². The van der Waals surface area contributed by atoms with Gasteiger partial charge in [0, 0.05) is 28.8 Å². The van der Waals surface area contributed by atoms with E-state index in [-0.39, 0.29) is 11.9 Å². The first-order valence-corrected chi connectivity index (χ1v) is 7.95. The third kappa shape index (κ3) is 4.55. The van der Waals surface area contributed by atoms with Crippen LogP contribution in [0.15, 0.2) is 47.2 Å². The Labute approximate surface area is 137 Å². The zero-order valence-corrected chi connectivity index (χ0v) is 14.0. The number of pyridine rings is 1. The van der Waals surface area contributed by atoms with Crippen LogP contribution in [0.2, 0.25) is 0 Å². The molecule has 0 aliphatic rings. The van der Waals surface area contributed by atoms with Gasteiger partial charge in [0.1, 0.15) is 0 Å². The molecular weight excluding hydrogens is 352 g/mol. The van der Waals surface area contributed by atoms with Crippen molar-refractivity contribution in [2.75, 3.05) is 5.88 Å². The molecule has 0 fully saturated rings. The molecule has 1 heterocycles. The van der Waals surface area contributed by atoms with E-state index in [1.165, 1.54) is 5.56 Å². The van der Waals surface area contributed by atoms with Crippen LogP contribution in [-0.2, 0) is 6.42 Å². The van der Waals surface area contributed by atoms with Gasteiger partial charge in [-0.1, -0.05) is 29.8 Å². The Morgan fingerprint density at radius 3 is 2.67 bits per heavy atom. The number of carbonyl (C=O) groups is 1. The molecular formula is C16H16BrClN2O. The summed E-state index contributed by atoms with van der Waals surface area (Å²) in [6.45, 7) is 2.05. The van der Waals surface area contributed by atoms with Crippen LogP contribution in [0.25, 0.3) is 0 Å². The monoisotopic (exact) mass is 366 g/mol. The Balaban J connectivity index is 2.04. The molecule has 0 saturated heterocycles. The van der Waals surface area contributed by atoms with Crippen LogP contribution < -0.4 is 5.32 Å². The fraction of sp³-hybridized carbons (Fsp3) is 0.250. The number of aromatic nitrogens is 1. The third-order valence-corrected chi connectivity index (χ3v) is 4.15. The van der Waals surface area contributed by atoms with Crippen LogP contribution in [0, 0.1) is 6.92 Å². The molecule has 1 unspecified atom stereocenters. The van der Waals surface area contributed by atoms with E-state index in [0.717, 1.165) is 5.56 Å². The molecule has 21 heavy (non-hydrogen) atoms. The summed E-state index contributed by atoms with van der Waals surface area (Å²) in [5, 5.41) is 2.96.